The predicted molar refractivity (Wildman–Crippen MR) is 236 cm³/mol. The summed E-state index contributed by atoms with van der Waals surface area (Å²) in [6, 6.07) is 39.5. The number of hydrogen-bond acceptors (Lipinski definition) is 10. The average Bonchev–Trinajstić information content (AvgIpc) is 3.21. The van der Waals surface area contributed by atoms with Gasteiger partial charge in [0.05, 0.1) is 46.3 Å². The van der Waals surface area contributed by atoms with Crippen molar-refractivity contribution < 1.29 is 126 Å². The van der Waals surface area contributed by atoms with Gasteiger partial charge in [0, 0.05) is 90.3 Å². The summed E-state index contributed by atoms with van der Waals surface area (Å²) in [4.78, 5) is 31.1. The average molecular weight is 1510 g/mol. The van der Waals surface area contributed by atoms with Crippen molar-refractivity contribution in [2.45, 2.75) is 53.1 Å². The zero-order valence-corrected chi connectivity index (χ0v) is 46.0. The minimum Gasteiger partial charge on any atom is -2.00 e. The van der Waals surface area contributed by atoms with E-state index in [1.54, 1.807) is 12.1 Å². The Balaban J connectivity index is -0.000000286. The minimum absolute atomic E-state index is 0. The van der Waals surface area contributed by atoms with Crippen LogP contribution in [0.15, 0.2) is 146 Å². The molecule has 6 aromatic rings. The molecule has 6 aromatic heterocycles. The van der Waals surface area contributed by atoms with Crippen LogP contribution < -0.4 is 0 Å². The molecule has 6 heterocycles. The van der Waals surface area contributed by atoms with Crippen LogP contribution in [-0.2, 0) is 89.8 Å². The molecule has 0 saturated heterocycles. The van der Waals surface area contributed by atoms with E-state index < -0.39 is 23.4 Å². The summed E-state index contributed by atoms with van der Waals surface area (Å²) in [7, 11) is -32.0. The van der Waals surface area contributed by atoms with Crippen molar-refractivity contribution in [2.75, 3.05) is 0 Å². The van der Waals surface area contributed by atoms with Crippen LogP contribution in [-0.4, -0.2) is 39.7 Å². The van der Waals surface area contributed by atoms with Crippen molar-refractivity contribution in [1.29, 1.82) is 10.5 Å². The fraction of sp³-hybridized carbons (Fsp3) is 0.200. The number of rotatable bonds is 12. The van der Waals surface area contributed by atoms with Gasteiger partial charge in [-0.25, -0.2) is 0 Å². The Hall–Kier alpha value is -4.98. The number of halogens is 18. The Labute approximate surface area is 443 Å². The summed E-state index contributed by atoms with van der Waals surface area (Å²) in [5, 5.41) is 14.6. The van der Waals surface area contributed by atoms with Crippen molar-refractivity contribution in [3.8, 4) is 12.1 Å². The molecule has 0 bridgehead atoms. The van der Waals surface area contributed by atoms with E-state index in [0.717, 1.165) is 73.4 Å². The molecule has 6 rings (SSSR count). The second-order valence-electron chi connectivity index (χ2n) is 13.5. The summed E-state index contributed by atoms with van der Waals surface area (Å²) in [6.07, 6.45) is 11.0. The molecule has 0 aliphatic heterocycles. The molecule has 0 aliphatic rings. The number of pyridine rings is 6. The van der Waals surface area contributed by atoms with Gasteiger partial charge in [0.15, 0.2) is 0 Å². The molecule has 75 heavy (non-hydrogen) atoms. The summed E-state index contributed by atoms with van der Waals surface area (Å²) in [5.41, 5.74) is 6.30. The first-order chi connectivity index (χ1) is 32.0. The summed E-state index contributed by atoms with van der Waals surface area (Å²) in [5.74, 6) is 0. The quantitative estimate of drug-likeness (QED) is 0.0842. The molecule has 0 saturated carbocycles. The van der Waals surface area contributed by atoms with Gasteiger partial charge in [-0.15, -0.1) is 0 Å². The van der Waals surface area contributed by atoms with Crippen molar-refractivity contribution in [3.05, 3.63) is 181 Å². The second-order valence-corrected chi connectivity index (χ2v) is 19.3. The molecule has 419 valence electrons. The molecule has 0 atom stereocenters. The van der Waals surface area contributed by atoms with E-state index in [1.165, 1.54) is 13.8 Å². The predicted octanol–water partition coefficient (Wildman–Crippen LogP) is 17.1. The fourth-order valence-electron chi connectivity index (χ4n) is 4.66. The van der Waals surface area contributed by atoms with E-state index in [9.17, 15) is 75.5 Å². The number of aromatic nitrogens is 6. The van der Waals surface area contributed by atoms with Gasteiger partial charge >= 0.3 is 139 Å². The summed E-state index contributed by atoms with van der Waals surface area (Å²) in [6.45, 7) is 7.49. The molecule has 12 nitrogen and oxygen atoms in total. The summed E-state index contributed by atoms with van der Waals surface area (Å²) >= 11 is 0. The molecule has 0 aliphatic carbocycles. The molecule has 0 aromatic carbocycles. The van der Waals surface area contributed by atoms with E-state index in [-0.39, 0.29) is 50.5 Å². The third-order valence-electron chi connectivity index (χ3n) is 6.67. The van der Waals surface area contributed by atoms with E-state index >= 15 is 0 Å². The van der Waals surface area contributed by atoms with Gasteiger partial charge in [0.25, 0.3) is 0 Å². The van der Waals surface area contributed by atoms with E-state index in [4.69, 9.17) is 10.5 Å². The largest absolute Gasteiger partial charge is 5.00 e. The minimum atomic E-state index is -10.7. The van der Waals surface area contributed by atoms with Crippen LogP contribution in [0.1, 0.15) is 48.0 Å². The molecular weight excluding hydrogens is 1470 g/mol. The Morgan fingerprint density at radius 2 is 0.440 bits per heavy atom. The Bertz CT molecular complexity index is 2090. The third kappa shape index (κ3) is 69.0. The van der Waals surface area contributed by atoms with Gasteiger partial charge < -0.3 is 11.0 Å². The molecule has 35 heteroatoms. The maximum absolute atomic E-state index is 10.7. The van der Waals surface area contributed by atoms with Gasteiger partial charge in [-0.3, -0.25) is 39.7 Å². The van der Waals surface area contributed by atoms with Crippen LogP contribution in [0.4, 0.5) is 75.5 Å². The SMILES string of the molecule is CC#N.CC#N.F[P-](F)(F)(F)(F)F.F[P-](F)(F)(F)(F)F.F[P-](F)(F)(F)(F)F.[O-2].[O-2].[Os+4].[Os+5].c1ccc(CN(Cc2ccccn2)Cc2ccccn2)nc1.c1ccc(CN(Cc2ccccn2)Cc2ccccn2)nc1. The molecule has 0 N–H and O–H groups in total. The standard InChI is InChI=1S/2C18H18N4.2C2H3N.3F6P.2O.2Os/c2*1-4-10-19-16(7-1)13-22(14-17-8-2-5-11-20-17)15-18-9-3-6-12-21-18;2*1-2-3;3*1-7(2,3,4,5)6;;;;/h2*1-12H,13-15H2;2*1H3;;;;;;;/q;;;;3*-1;2*-2;+4;+5. The van der Waals surface area contributed by atoms with Crippen molar-refractivity contribution in [3.63, 3.8) is 0 Å². The van der Waals surface area contributed by atoms with E-state index in [0.29, 0.717) is 0 Å². The van der Waals surface area contributed by atoms with Crippen LogP contribution in [0.25, 0.3) is 0 Å². The smallest absolute Gasteiger partial charge is 2.00 e. The van der Waals surface area contributed by atoms with Crippen LogP contribution in [0.5, 0.6) is 0 Å². The Morgan fingerprint density at radius 3 is 0.520 bits per heavy atom. The first kappa shape index (κ1) is 78.9. The zero-order valence-electron chi connectivity index (χ0n) is 38.2. The van der Waals surface area contributed by atoms with Gasteiger partial charge in [0.1, 0.15) is 0 Å². The number of nitriles is 2. The maximum Gasteiger partial charge on any atom is 5.00 e. The molecular formula is C40H42F18N10O2Os2P3+2. The summed E-state index contributed by atoms with van der Waals surface area (Å²) < 4.78 is 178. The monoisotopic (exact) mass is 1510 g/mol. The topological polar surface area (TPSA) is 188 Å². The normalized spacial score (nSPS) is 13.0. The van der Waals surface area contributed by atoms with Crippen molar-refractivity contribution in [2.24, 2.45) is 0 Å². The van der Waals surface area contributed by atoms with E-state index in [1.807, 2.05) is 146 Å². The van der Waals surface area contributed by atoms with Crippen LogP contribution in [0.3, 0.4) is 0 Å². The zero-order chi connectivity index (χ0) is 54.7. The van der Waals surface area contributed by atoms with E-state index in [2.05, 4.69) is 39.7 Å². The van der Waals surface area contributed by atoms with Crippen molar-refractivity contribution in [1.82, 2.24) is 39.7 Å². The first-order valence-electron chi connectivity index (χ1n) is 19.1. The molecule has 0 unspecified atom stereocenters. The van der Waals surface area contributed by atoms with Crippen LogP contribution >= 0.6 is 23.4 Å². The van der Waals surface area contributed by atoms with Gasteiger partial charge in [0.2, 0.25) is 0 Å². The third-order valence-corrected chi connectivity index (χ3v) is 6.67. The van der Waals surface area contributed by atoms with Gasteiger partial charge in [-0.05, 0) is 72.8 Å². The van der Waals surface area contributed by atoms with Gasteiger partial charge in [-0.2, -0.15) is 10.5 Å². The Kier molecular flexibility index (Phi) is 32.3. The first-order valence-corrected chi connectivity index (χ1v) is 25.2. The second kappa shape index (κ2) is 30.7. The van der Waals surface area contributed by atoms with Crippen LogP contribution in [0.2, 0.25) is 0 Å². The molecule has 0 spiro atoms. The number of nitrogens with zero attached hydrogens (tertiary/aromatic N) is 10. The fourth-order valence-corrected chi connectivity index (χ4v) is 4.66. The Morgan fingerprint density at radius 1 is 0.333 bits per heavy atom. The number of hydrogen-bond donors (Lipinski definition) is 0. The van der Waals surface area contributed by atoms with Crippen molar-refractivity contribution >= 4 is 23.4 Å². The molecule has 0 fully saturated rings. The maximum atomic E-state index is 9.87. The molecule has 1 radical (unpaired) electrons. The van der Waals surface area contributed by atoms with Crippen LogP contribution in [0, 0.1) is 22.7 Å². The van der Waals surface area contributed by atoms with Gasteiger partial charge in [-0.1, -0.05) is 36.4 Å². The molecule has 0 amide bonds.